The summed E-state index contributed by atoms with van der Waals surface area (Å²) in [6.07, 6.45) is 6.81. The first-order chi connectivity index (χ1) is 15.4. The first-order valence-electron chi connectivity index (χ1n) is 10.3. The average molecular weight is 472 g/mol. The van der Waals surface area contributed by atoms with Crippen LogP contribution in [0.2, 0.25) is 10.0 Å². The van der Waals surface area contributed by atoms with Gasteiger partial charge in [-0.15, -0.1) is 0 Å². The van der Waals surface area contributed by atoms with Crippen molar-refractivity contribution in [3.8, 4) is 0 Å². The van der Waals surface area contributed by atoms with Gasteiger partial charge in [-0.1, -0.05) is 23.2 Å². The van der Waals surface area contributed by atoms with E-state index >= 15 is 0 Å². The summed E-state index contributed by atoms with van der Waals surface area (Å²) in [6.45, 7) is 0. The lowest BCUT2D eigenvalue weighted by Gasteiger charge is -2.12. The van der Waals surface area contributed by atoms with E-state index in [1.165, 1.54) is 22.9 Å². The molecule has 2 fully saturated rings. The number of pyridine rings is 1. The Bertz CT molecular complexity index is 1240. The number of hydrogen-bond acceptors (Lipinski definition) is 4. The van der Waals surface area contributed by atoms with Crippen molar-refractivity contribution in [3.05, 3.63) is 52.3 Å². The molecule has 5 rings (SSSR count). The molecule has 3 amide bonds. The minimum absolute atomic E-state index is 0.0341. The first-order valence-corrected chi connectivity index (χ1v) is 11.0. The Kier molecular flexibility index (Phi) is 5.27. The van der Waals surface area contributed by atoms with Gasteiger partial charge in [-0.3, -0.25) is 14.2 Å². The number of halogens is 2. The molecule has 2 saturated carbocycles. The van der Waals surface area contributed by atoms with Crippen LogP contribution in [0.15, 0.2) is 36.7 Å². The first kappa shape index (κ1) is 20.8. The summed E-state index contributed by atoms with van der Waals surface area (Å²) in [5.41, 5.74) is 1.06. The molecule has 0 unspecified atom stereocenters. The van der Waals surface area contributed by atoms with Crippen molar-refractivity contribution in [2.24, 2.45) is 5.92 Å². The molecule has 3 aromatic rings. The highest BCUT2D eigenvalue weighted by Crippen LogP contribution is 2.33. The number of aromatic nitrogens is 2. The second kappa shape index (κ2) is 8.11. The predicted octanol–water partition coefficient (Wildman–Crippen LogP) is 4.66. The third-order valence-corrected chi connectivity index (χ3v) is 6.05. The van der Waals surface area contributed by atoms with Gasteiger partial charge in [-0.05, 0) is 49.9 Å². The molecular weight excluding hydrogens is 453 g/mol. The van der Waals surface area contributed by atoms with Crippen LogP contribution >= 0.6 is 23.2 Å². The largest absolute Gasteiger partial charge is 0.335 e. The summed E-state index contributed by atoms with van der Waals surface area (Å²) in [5.74, 6) is -0.0603. The molecule has 0 spiro atoms. The summed E-state index contributed by atoms with van der Waals surface area (Å²) in [4.78, 5) is 41.7. The van der Waals surface area contributed by atoms with E-state index in [1.54, 1.807) is 18.3 Å². The molecule has 0 bridgehead atoms. The maximum atomic E-state index is 13.3. The Hall–Kier alpha value is -3.10. The Labute approximate surface area is 193 Å². The number of amides is 3. The van der Waals surface area contributed by atoms with E-state index < -0.39 is 5.91 Å². The molecule has 0 radical (unpaired) electrons. The topological polar surface area (TPSA) is 105 Å². The van der Waals surface area contributed by atoms with Gasteiger partial charge in [0.25, 0.3) is 5.91 Å². The number of nitrogens with one attached hydrogen (secondary N) is 3. The van der Waals surface area contributed by atoms with E-state index in [4.69, 9.17) is 23.2 Å². The molecule has 0 aliphatic heterocycles. The van der Waals surface area contributed by atoms with E-state index in [0.717, 1.165) is 25.7 Å². The number of benzene rings is 1. The molecule has 0 atom stereocenters. The number of rotatable bonds is 5. The number of hydrogen-bond donors (Lipinski definition) is 3. The third kappa shape index (κ3) is 4.16. The van der Waals surface area contributed by atoms with Crippen molar-refractivity contribution >= 4 is 63.5 Å². The molecule has 0 saturated heterocycles. The summed E-state index contributed by atoms with van der Waals surface area (Å²) in [5, 5.41) is 9.18. The van der Waals surface area contributed by atoms with Gasteiger partial charge in [0.1, 0.15) is 5.82 Å². The fraction of sp³-hybridized carbons (Fsp3) is 0.273. The van der Waals surface area contributed by atoms with Crippen LogP contribution in [0.5, 0.6) is 0 Å². The minimum Gasteiger partial charge on any atom is -0.335 e. The molecular formula is C22H19Cl2N5O3. The molecule has 3 N–H and O–H groups in total. The van der Waals surface area contributed by atoms with Crippen molar-refractivity contribution < 1.29 is 14.4 Å². The van der Waals surface area contributed by atoms with Crippen molar-refractivity contribution in [3.63, 3.8) is 0 Å². The zero-order valence-electron chi connectivity index (χ0n) is 16.8. The van der Waals surface area contributed by atoms with E-state index in [0.29, 0.717) is 22.4 Å². The van der Waals surface area contributed by atoms with Gasteiger partial charge >= 0.3 is 6.03 Å². The summed E-state index contributed by atoms with van der Waals surface area (Å²) in [7, 11) is 0. The number of fused-ring (bicyclic) bond motifs is 1. The van der Waals surface area contributed by atoms with Crippen LogP contribution in [0.25, 0.3) is 10.9 Å². The SMILES string of the molecule is O=C(Nc1cc(Cl)c(C(=O)n2ccc3c(NC(=O)C4CC4)nccc32)c(Cl)c1)NC1CC1. The monoisotopic (exact) mass is 471 g/mol. The highest BCUT2D eigenvalue weighted by atomic mass is 35.5. The van der Waals surface area contributed by atoms with Crippen LogP contribution in [0.4, 0.5) is 16.3 Å². The van der Waals surface area contributed by atoms with E-state index in [1.807, 2.05) is 0 Å². The van der Waals surface area contributed by atoms with E-state index in [2.05, 4.69) is 20.9 Å². The Morgan fingerprint density at radius 1 is 1.00 bits per heavy atom. The van der Waals surface area contributed by atoms with Gasteiger partial charge in [-0.2, -0.15) is 0 Å². The Morgan fingerprint density at radius 3 is 2.38 bits per heavy atom. The standard InChI is InChI=1S/C22H19Cl2N5O3/c23-15-9-13(27-22(32)26-12-3-4-12)10-16(24)18(15)21(31)29-8-6-14-17(29)5-7-25-19(14)28-20(30)11-1-2-11/h5-12H,1-4H2,(H,25,28,30)(H2,26,27,32). The maximum Gasteiger partial charge on any atom is 0.319 e. The normalized spacial score (nSPS) is 15.4. The molecule has 10 heteroatoms. The molecule has 164 valence electrons. The smallest absolute Gasteiger partial charge is 0.319 e. The van der Waals surface area contributed by atoms with Gasteiger partial charge < -0.3 is 16.0 Å². The van der Waals surface area contributed by atoms with Crippen LogP contribution in [0, 0.1) is 5.92 Å². The van der Waals surface area contributed by atoms with Crippen molar-refractivity contribution in [2.75, 3.05) is 10.6 Å². The number of carbonyl (C=O) groups is 3. The quantitative estimate of drug-likeness (QED) is 0.502. The van der Waals surface area contributed by atoms with Crippen LogP contribution in [-0.4, -0.2) is 33.4 Å². The van der Waals surface area contributed by atoms with Crippen LogP contribution in [0.1, 0.15) is 36.0 Å². The summed E-state index contributed by atoms with van der Waals surface area (Å²) < 4.78 is 1.41. The average Bonchev–Trinajstić information content (AvgIpc) is 3.66. The zero-order valence-corrected chi connectivity index (χ0v) is 18.3. The number of urea groups is 1. The molecule has 2 heterocycles. The summed E-state index contributed by atoms with van der Waals surface area (Å²) >= 11 is 12.8. The highest BCUT2D eigenvalue weighted by Gasteiger charge is 2.30. The number of carbonyl (C=O) groups excluding carboxylic acids is 3. The summed E-state index contributed by atoms with van der Waals surface area (Å²) in [6, 6.07) is 6.23. The number of anilines is 2. The van der Waals surface area contributed by atoms with Crippen molar-refractivity contribution in [1.82, 2.24) is 14.9 Å². The molecule has 8 nitrogen and oxygen atoms in total. The molecule has 2 aromatic heterocycles. The Balaban J connectivity index is 1.42. The lowest BCUT2D eigenvalue weighted by Crippen LogP contribution is -2.30. The van der Waals surface area contributed by atoms with Crippen LogP contribution < -0.4 is 16.0 Å². The zero-order chi connectivity index (χ0) is 22.4. The van der Waals surface area contributed by atoms with Gasteiger partial charge in [0.05, 0.1) is 21.1 Å². The second-order valence-electron chi connectivity index (χ2n) is 8.03. The third-order valence-electron chi connectivity index (χ3n) is 5.45. The van der Waals surface area contributed by atoms with Gasteiger partial charge in [0.15, 0.2) is 0 Å². The molecule has 2 aliphatic carbocycles. The van der Waals surface area contributed by atoms with Gasteiger partial charge in [0.2, 0.25) is 5.91 Å². The second-order valence-corrected chi connectivity index (χ2v) is 8.85. The molecule has 2 aliphatic rings. The fourth-order valence-corrected chi connectivity index (χ4v) is 4.11. The number of nitrogens with zero attached hydrogens (tertiary/aromatic N) is 2. The van der Waals surface area contributed by atoms with Crippen LogP contribution in [0.3, 0.4) is 0 Å². The fourth-order valence-electron chi connectivity index (χ4n) is 3.46. The van der Waals surface area contributed by atoms with Crippen molar-refractivity contribution in [1.29, 1.82) is 0 Å². The lowest BCUT2D eigenvalue weighted by atomic mass is 10.1. The van der Waals surface area contributed by atoms with Gasteiger partial charge in [-0.25, -0.2) is 9.78 Å². The molecule has 1 aromatic carbocycles. The van der Waals surface area contributed by atoms with E-state index in [-0.39, 0.29) is 39.5 Å². The van der Waals surface area contributed by atoms with Crippen LogP contribution in [-0.2, 0) is 4.79 Å². The van der Waals surface area contributed by atoms with Crippen molar-refractivity contribution in [2.45, 2.75) is 31.7 Å². The predicted molar refractivity (Wildman–Crippen MR) is 122 cm³/mol. The highest BCUT2D eigenvalue weighted by molar-refractivity contribution is 6.40. The van der Waals surface area contributed by atoms with E-state index in [9.17, 15) is 14.4 Å². The van der Waals surface area contributed by atoms with Gasteiger partial charge in [0, 0.05) is 35.4 Å². The molecule has 32 heavy (non-hydrogen) atoms. The minimum atomic E-state index is -0.436. The lowest BCUT2D eigenvalue weighted by molar-refractivity contribution is -0.117. The Morgan fingerprint density at radius 2 is 1.72 bits per heavy atom. The maximum absolute atomic E-state index is 13.3.